The van der Waals surface area contributed by atoms with Gasteiger partial charge in [0.1, 0.15) is 5.75 Å². The van der Waals surface area contributed by atoms with Gasteiger partial charge in [-0.25, -0.2) is 0 Å². The van der Waals surface area contributed by atoms with E-state index in [4.69, 9.17) is 10.5 Å². The predicted octanol–water partition coefficient (Wildman–Crippen LogP) is 3.71. The van der Waals surface area contributed by atoms with Crippen LogP contribution in [0.25, 0.3) is 0 Å². The topological polar surface area (TPSA) is 35.2 Å². The summed E-state index contributed by atoms with van der Waals surface area (Å²) in [6, 6.07) is 8.72. The monoisotopic (exact) mass is 247 g/mol. The third-order valence-corrected chi connectivity index (χ3v) is 3.78. The van der Waals surface area contributed by atoms with Gasteiger partial charge >= 0.3 is 0 Å². The molecule has 1 aromatic rings. The van der Waals surface area contributed by atoms with Crippen LogP contribution >= 0.6 is 0 Å². The van der Waals surface area contributed by atoms with Gasteiger partial charge in [-0.3, -0.25) is 0 Å². The average molecular weight is 247 g/mol. The zero-order valence-electron chi connectivity index (χ0n) is 11.6. The van der Waals surface area contributed by atoms with Crippen LogP contribution in [0.15, 0.2) is 24.3 Å². The van der Waals surface area contributed by atoms with Crippen LogP contribution in [0, 0.1) is 5.92 Å². The molecular weight excluding hydrogens is 222 g/mol. The van der Waals surface area contributed by atoms with E-state index in [1.807, 2.05) is 6.07 Å². The molecule has 0 amide bonds. The number of ether oxygens (including phenoxy) is 1. The molecule has 2 heteroatoms. The SMILES string of the molecule is CC(C)CCC(N)CC1CCOc2ccccc21. The minimum absolute atomic E-state index is 0.323. The molecule has 1 aliphatic rings. The van der Waals surface area contributed by atoms with E-state index < -0.39 is 0 Å². The second-order valence-electron chi connectivity index (χ2n) is 5.84. The van der Waals surface area contributed by atoms with Gasteiger partial charge in [0.25, 0.3) is 0 Å². The Bertz CT molecular complexity index is 375. The Morgan fingerprint density at radius 1 is 1.28 bits per heavy atom. The maximum atomic E-state index is 6.27. The van der Waals surface area contributed by atoms with E-state index in [0.29, 0.717) is 12.0 Å². The molecule has 100 valence electrons. The number of nitrogens with two attached hydrogens (primary N) is 1. The van der Waals surface area contributed by atoms with Crippen LogP contribution in [-0.2, 0) is 0 Å². The molecular formula is C16H25NO. The van der Waals surface area contributed by atoms with Crippen molar-refractivity contribution >= 4 is 0 Å². The highest BCUT2D eigenvalue weighted by Gasteiger charge is 2.22. The minimum Gasteiger partial charge on any atom is -0.493 e. The number of hydrogen-bond donors (Lipinski definition) is 1. The Kier molecular flexibility index (Phi) is 4.65. The number of benzene rings is 1. The largest absolute Gasteiger partial charge is 0.493 e. The van der Waals surface area contributed by atoms with Crippen molar-refractivity contribution in [3.8, 4) is 5.75 Å². The number of rotatable bonds is 5. The van der Waals surface area contributed by atoms with Crippen LogP contribution in [0.2, 0.25) is 0 Å². The molecule has 0 bridgehead atoms. The van der Waals surface area contributed by atoms with Gasteiger partial charge in [-0.15, -0.1) is 0 Å². The zero-order chi connectivity index (χ0) is 13.0. The summed E-state index contributed by atoms with van der Waals surface area (Å²) in [7, 11) is 0. The summed E-state index contributed by atoms with van der Waals surface area (Å²) in [4.78, 5) is 0. The first-order valence-electron chi connectivity index (χ1n) is 7.14. The number of fused-ring (bicyclic) bond motifs is 1. The molecule has 0 fully saturated rings. The van der Waals surface area contributed by atoms with Crippen molar-refractivity contribution in [2.45, 2.75) is 51.5 Å². The van der Waals surface area contributed by atoms with Crippen LogP contribution in [0.3, 0.4) is 0 Å². The van der Waals surface area contributed by atoms with E-state index in [-0.39, 0.29) is 0 Å². The molecule has 2 N–H and O–H groups in total. The van der Waals surface area contributed by atoms with Crippen molar-refractivity contribution < 1.29 is 4.74 Å². The van der Waals surface area contributed by atoms with E-state index in [0.717, 1.165) is 37.5 Å². The van der Waals surface area contributed by atoms with Crippen molar-refractivity contribution in [1.82, 2.24) is 0 Å². The first-order chi connectivity index (χ1) is 8.66. The summed E-state index contributed by atoms with van der Waals surface area (Å²) in [6.07, 6.45) is 4.56. The molecule has 0 aromatic heterocycles. The first-order valence-corrected chi connectivity index (χ1v) is 7.14. The summed E-state index contributed by atoms with van der Waals surface area (Å²) in [5, 5.41) is 0. The van der Waals surface area contributed by atoms with E-state index in [1.165, 1.54) is 12.0 Å². The van der Waals surface area contributed by atoms with Gasteiger partial charge in [0.15, 0.2) is 0 Å². The maximum Gasteiger partial charge on any atom is 0.122 e. The quantitative estimate of drug-likeness (QED) is 0.861. The van der Waals surface area contributed by atoms with Gasteiger partial charge in [0, 0.05) is 6.04 Å². The summed E-state index contributed by atoms with van der Waals surface area (Å²) in [5.74, 6) is 2.39. The summed E-state index contributed by atoms with van der Waals surface area (Å²) in [5.41, 5.74) is 7.62. The van der Waals surface area contributed by atoms with Gasteiger partial charge < -0.3 is 10.5 Å². The molecule has 1 aromatic carbocycles. The highest BCUT2D eigenvalue weighted by Crippen LogP contribution is 2.36. The summed E-state index contributed by atoms with van der Waals surface area (Å²) < 4.78 is 5.69. The lowest BCUT2D eigenvalue weighted by Gasteiger charge is -2.28. The van der Waals surface area contributed by atoms with Crippen molar-refractivity contribution in [2.24, 2.45) is 11.7 Å². The average Bonchev–Trinajstić information content (AvgIpc) is 2.37. The van der Waals surface area contributed by atoms with E-state index in [2.05, 4.69) is 32.0 Å². The van der Waals surface area contributed by atoms with Crippen molar-refractivity contribution in [2.75, 3.05) is 6.61 Å². The number of hydrogen-bond acceptors (Lipinski definition) is 2. The maximum absolute atomic E-state index is 6.27. The Morgan fingerprint density at radius 3 is 2.83 bits per heavy atom. The van der Waals surface area contributed by atoms with E-state index in [9.17, 15) is 0 Å². The highest BCUT2D eigenvalue weighted by atomic mass is 16.5. The van der Waals surface area contributed by atoms with Crippen molar-refractivity contribution in [3.05, 3.63) is 29.8 Å². The molecule has 18 heavy (non-hydrogen) atoms. The summed E-state index contributed by atoms with van der Waals surface area (Å²) in [6.45, 7) is 5.35. The second-order valence-corrected chi connectivity index (χ2v) is 5.84. The minimum atomic E-state index is 0.323. The first kappa shape index (κ1) is 13.4. The molecule has 0 aliphatic carbocycles. The Hall–Kier alpha value is -1.02. The lowest BCUT2D eigenvalue weighted by Crippen LogP contribution is -2.26. The Morgan fingerprint density at radius 2 is 2.06 bits per heavy atom. The molecule has 2 nitrogen and oxygen atoms in total. The Balaban J connectivity index is 1.94. The van der Waals surface area contributed by atoms with Crippen LogP contribution in [0.1, 0.15) is 51.0 Å². The van der Waals surface area contributed by atoms with Crippen LogP contribution in [0.5, 0.6) is 5.75 Å². The lowest BCUT2D eigenvalue weighted by atomic mass is 9.86. The van der Waals surface area contributed by atoms with Crippen LogP contribution in [0.4, 0.5) is 0 Å². The van der Waals surface area contributed by atoms with E-state index >= 15 is 0 Å². The van der Waals surface area contributed by atoms with Gasteiger partial charge in [-0.1, -0.05) is 32.0 Å². The normalized spacial score (nSPS) is 20.3. The van der Waals surface area contributed by atoms with Crippen molar-refractivity contribution in [3.63, 3.8) is 0 Å². The van der Waals surface area contributed by atoms with Gasteiger partial charge in [-0.05, 0) is 49.1 Å². The molecule has 1 heterocycles. The third kappa shape index (κ3) is 3.49. The van der Waals surface area contributed by atoms with Crippen LogP contribution in [-0.4, -0.2) is 12.6 Å². The third-order valence-electron chi connectivity index (χ3n) is 3.78. The fraction of sp³-hybridized carbons (Fsp3) is 0.625. The standard InChI is InChI=1S/C16H25NO/c1-12(2)7-8-14(17)11-13-9-10-18-16-6-4-3-5-15(13)16/h3-6,12-14H,7-11,17H2,1-2H3. The van der Waals surface area contributed by atoms with Crippen LogP contribution < -0.4 is 10.5 Å². The molecule has 2 atom stereocenters. The summed E-state index contributed by atoms with van der Waals surface area (Å²) >= 11 is 0. The smallest absolute Gasteiger partial charge is 0.122 e. The molecule has 0 saturated carbocycles. The lowest BCUT2D eigenvalue weighted by molar-refractivity contribution is 0.257. The molecule has 2 unspecified atom stereocenters. The zero-order valence-corrected chi connectivity index (χ0v) is 11.6. The molecule has 0 spiro atoms. The Labute approximate surface area is 111 Å². The fourth-order valence-corrected chi connectivity index (χ4v) is 2.69. The molecule has 0 saturated heterocycles. The molecule has 1 aliphatic heterocycles. The molecule has 2 rings (SSSR count). The van der Waals surface area contributed by atoms with Crippen molar-refractivity contribution in [1.29, 1.82) is 0 Å². The number of para-hydroxylation sites is 1. The van der Waals surface area contributed by atoms with Gasteiger partial charge in [0.05, 0.1) is 6.61 Å². The highest BCUT2D eigenvalue weighted by molar-refractivity contribution is 5.37. The molecule has 0 radical (unpaired) electrons. The fourth-order valence-electron chi connectivity index (χ4n) is 2.69. The second kappa shape index (κ2) is 6.24. The van der Waals surface area contributed by atoms with E-state index in [1.54, 1.807) is 0 Å². The predicted molar refractivity (Wildman–Crippen MR) is 76.0 cm³/mol. The van der Waals surface area contributed by atoms with Gasteiger partial charge in [-0.2, -0.15) is 0 Å². The van der Waals surface area contributed by atoms with Gasteiger partial charge in [0.2, 0.25) is 0 Å².